The number of aromatic nitrogens is 3. The van der Waals surface area contributed by atoms with E-state index in [0.717, 1.165) is 38.3 Å². The summed E-state index contributed by atoms with van der Waals surface area (Å²) in [4.78, 5) is 30.2. The molecule has 0 saturated carbocycles. The van der Waals surface area contributed by atoms with E-state index >= 15 is 0 Å². The van der Waals surface area contributed by atoms with Gasteiger partial charge in [0.1, 0.15) is 0 Å². The van der Waals surface area contributed by atoms with Crippen LogP contribution in [0.2, 0.25) is 0 Å². The third-order valence-corrected chi connectivity index (χ3v) is 5.95. The van der Waals surface area contributed by atoms with E-state index in [1.165, 1.54) is 18.2 Å². The molecule has 0 N–H and O–H groups in total. The summed E-state index contributed by atoms with van der Waals surface area (Å²) < 4.78 is 0. The van der Waals surface area contributed by atoms with Gasteiger partial charge in [-0.15, -0.1) is 0 Å². The molecule has 0 aliphatic carbocycles. The van der Waals surface area contributed by atoms with Crippen molar-refractivity contribution in [2.75, 3.05) is 25.4 Å². The summed E-state index contributed by atoms with van der Waals surface area (Å²) in [5, 5.41) is 0.664. The van der Waals surface area contributed by atoms with Crippen LogP contribution >= 0.6 is 11.8 Å². The number of nitrogens with zero attached hydrogens (tertiary/aromatic N) is 5. The number of hydrogen-bond donors (Lipinski definition) is 0. The van der Waals surface area contributed by atoms with E-state index in [1.54, 1.807) is 18.5 Å². The van der Waals surface area contributed by atoms with Crippen molar-refractivity contribution >= 4 is 17.7 Å². The maximum Gasteiger partial charge on any atom is 0.233 e. The zero-order valence-electron chi connectivity index (χ0n) is 14.7. The van der Waals surface area contributed by atoms with Crippen LogP contribution in [0.15, 0.2) is 48.0 Å². The number of amides is 1. The lowest BCUT2D eigenvalue weighted by Crippen LogP contribution is -2.48. The van der Waals surface area contributed by atoms with E-state index in [-0.39, 0.29) is 5.91 Å². The largest absolute Gasteiger partial charge is 0.337 e. The molecule has 2 atom stereocenters. The molecular weight excluding hydrogens is 346 g/mol. The van der Waals surface area contributed by atoms with Crippen LogP contribution in [0.1, 0.15) is 18.5 Å². The van der Waals surface area contributed by atoms with Gasteiger partial charge in [-0.05, 0) is 37.0 Å². The molecule has 5 heterocycles. The monoisotopic (exact) mass is 369 g/mol. The molecule has 0 aromatic carbocycles. The minimum Gasteiger partial charge on any atom is -0.337 e. The standard InChI is InChI=1S/C19H23N5OS/c25-18(14-26-19-21-8-3-9-22-19)24-11-15-5-6-17(24)13-23(10-15)12-16-4-1-2-7-20-16/h1-4,7-9,15,17H,5-6,10-14H2/t15-,17+/m0/s1. The number of hydrogen-bond acceptors (Lipinski definition) is 6. The molecule has 0 radical (unpaired) electrons. The second kappa shape index (κ2) is 8.14. The molecule has 3 saturated heterocycles. The van der Waals surface area contributed by atoms with E-state index in [1.807, 2.05) is 18.3 Å². The zero-order valence-corrected chi connectivity index (χ0v) is 15.5. The molecule has 7 heteroatoms. The van der Waals surface area contributed by atoms with E-state index in [2.05, 4.69) is 30.8 Å². The Morgan fingerprint density at radius 3 is 2.69 bits per heavy atom. The fourth-order valence-electron chi connectivity index (χ4n) is 3.90. The Balaban J connectivity index is 1.37. The Morgan fingerprint density at radius 2 is 1.88 bits per heavy atom. The van der Waals surface area contributed by atoms with E-state index in [9.17, 15) is 4.79 Å². The van der Waals surface area contributed by atoms with E-state index < -0.39 is 0 Å². The maximum absolute atomic E-state index is 12.8. The molecule has 3 aliphatic rings. The third kappa shape index (κ3) is 4.22. The lowest BCUT2D eigenvalue weighted by atomic mass is 9.95. The second-order valence-corrected chi connectivity index (χ2v) is 7.92. The number of rotatable bonds is 5. The van der Waals surface area contributed by atoms with Crippen molar-refractivity contribution in [1.82, 2.24) is 24.8 Å². The average Bonchev–Trinajstić information content (AvgIpc) is 2.98. The highest BCUT2D eigenvalue weighted by Gasteiger charge is 2.37. The highest BCUT2D eigenvalue weighted by atomic mass is 32.2. The molecule has 1 amide bonds. The average molecular weight is 369 g/mol. The van der Waals surface area contributed by atoms with Crippen LogP contribution in [0.25, 0.3) is 0 Å². The van der Waals surface area contributed by atoms with Crippen molar-refractivity contribution in [1.29, 1.82) is 0 Å². The topological polar surface area (TPSA) is 62.2 Å². The lowest BCUT2D eigenvalue weighted by Gasteiger charge is -2.36. The van der Waals surface area contributed by atoms with Gasteiger partial charge in [-0.25, -0.2) is 9.97 Å². The summed E-state index contributed by atoms with van der Waals surface area (Å²) in [5.41, 5.74) is 1.10. The van der Waals surface area contributed by atoms with Crippen molar-refractivity contribution in [2.24, 2.45) is 5.92 Å². The summed E-state index contributed by atoms with van der Waals surface area (Å²) in [5.74, 6) is 1.17. The smallest absolute Gasteiger partial charge is 0.233 e. The molecule has 0 unspecified atom stereocenters. The Bertz CT molecular complexity index is 729. The SMILES string of the molecule is O=C(CSc1ncccn1)N1C[C@H]2CC[C@@H]1CN(Cc1ccccn1)C2. The van der Waals surface area contributed by atoms with Gasteiger partial charge in [0.2, 0.25) is 5.91 Å². The number of carbonyl (C=O) groups excluding carboxylic acids is 1. The van der Waals surface area contributed by atoms with E-state index in [0.29, 0.717) is 22.9 Å². The van der Waals surface area contributed by atoms with Gasteiger partial charge in [0.15, 0.2) is 5.16 Å². The van der Waals surface area contributed by atoms with Crippen LogP contribution in [-0.4, -0.2) is 62.1 Å². The fraction of sp³-hybridized carbons (Fsp3) is 0.474. The molecule has 2 aromatic heterocycles. The zero-order chi connectivity index (χ0) is 17.8. The normalized spacial score (nSPS) is 23.0. The van der Waals surface area contributed by atoms with Gasteiger partial charge in [-0.3, -0.25) is 14.7 Å². The van der Waals surface area contributed by atoms with Crippen LogP contribution < -0.4 is 0 Å². The highest BCUT2D eigenvalue weighted by molar-refractivity contribution is 7.99. The number of piperidine rings is 1. The molecule has 26 heavy (non-hydrogen) atoms. The second-order valence-electron chi connectivity index (χ2n) is 6.98. The molecule has 3 fully saturated rings. The van der Waals surface area contributed by atoms with Crippen molar-refractivity contribution in [2.45, 2.75) is 30.6 Å². The Labute approximate surface area is 158 Å². The Morgan fingerprint density at radius 1 is 1.04 bits per heavy atom. The van der Waals surface area contributed by atoms with Crippen molar-refractivity contribution in [3.8, 4) is 0 Å². The van der Waals surface area contributed by atoms with Gasteiger partial charge in [0, 0.05) is 50.8 Å². The molecular formula is C19H23N5OS. The van der Waals surface area contributed by atoms with Gasteiger partial charge < -0.3 is 4.90 Å². The van der Waals surface area contributed by atoms with Gasteiger partial charge in [0.05, 0.1) is 11.4 Å². The predicted octanol–water partition coefficient (Wildman–Crippen LogP) is 2.09. The van der Waals surface area contributed by atoms with Crippen molar-refractivity contribution in [3.63, 3.8) is 0 Å². The van der Waals surface area contributed by atoms with Crippen LogP contribution in [-0.2, 0) is 11.3 Å². The summed E-state index contributed by atoms with van der Waals surface area (Å²) in [7, 11) is 0. The number of pyridine rings is 1. The first-order valence-electron chi connectivity index (χ1n) is 9.09. The van der Waals surface area contributed by atoms with Crippen LogP contribution in [0.5, 0.6) is 0 Å². The van der Waals surface area contributed by atoms with Crippen LogP contribution in [0.4, 0.5) is 0 Å². The van der Waals surface area contributed by atoms with Gasteiger partial charge in [-0.1, -0.05) is 17.8 Å². The molecule has 6 nitrogen and oxygen atoms in total. The molecule has 0 spiro atoms. The summed E-state index contributed by atoms with van der Waals surface area (Å²) in [6.07, 6.45) is 7.58. The molecule has 2 aromatic rings. The first-order valence-corrected chi connectivity index (χ1v) is 10.1. The molecule has 5 rings (SSSR count). The molecule has 136 valence electrons. The fourth-order valence-corrected chi connectivity index (χ4v) is 4.59. The Hall–Kier alpha value is -1.99. The first-order chi connectivity index (χ1) is 12.8. The van der Waals surface area contributed by atoms with Gasteiger partial charge in [0.25, 0.3) is 0 Å². The summed E-state index contributed by atoms with van der Waals surface area (Å²) >= 11 is 1.42. The van der Waals surface area contributed by atoms with Crippen LogP contribution in [0.3, 0.4) is 0 Å². The van der Waals surface area contributed by atoms with Crippen molar-refractivity contribution in [3.05, 3.63) is 48.5 Å². The lowest BCUT2D eigenvalue weighted by molar-refractivity contribution is -0.132. The predicted molar refractivity (Wildman–Crippen MR) is 100 cm³/mol. The maximum atomic E-state index is 12.8. The van der Waals surface area contributed by atoms with Crippen LogP contribution in [0, 0.1) is 5.92 Å². The van der Waals surface area contributed by atoms with Gasteiger partial charge >= 0.3 is 0 Å². The summed E-state index contributed by atoms with van der Waals surface area (Å²) in [6, 6.07) is 8.15. The quantitative estimate of drug-likeness (QED) is 0.594. The third-order valence-electron chi connectivity index (χ3n) is 5.09. The minimum absolute atomic E-state index is 0.205. The van der Waals surface area contributed by atoms with E-state index in [4.69, 9.17) is 0 Å². The van der Waals surface area contributed by atoms with Gasteiger partial charge in [-0.2, -0.15) is 0 Å². The number of fused-ring (bicyclic) bond motifs is 4. The highest BCUT2D eigenvalue weighted by Crippen LogP contribution is 2.29. The molecule has 3 aliphatic heterocycles. The minimum atomic E-state index is 0.205. The Kier molecular flexibility index (Phi) is 5.45. The summed E-state index contributed by atoms with van der Waals surface area (Å²) in [6.45, 7) is 3.72. The first kappa shape index (κ1) is 17.4. The molecule has 2 bridgehead atoms. The number of carbonyl (C=O) groups is 1. The van der Waals surface area contributed by atoms with Crippen molar-refractivity contribution < 1.29 is 4.79 Å². The number of thioether (sulfide) groups is 1.